The number of halogens is 2. The standard InChI is InChI=1S/C26H19Br2NO3/c1-15-3-4-18(11-16(15)2)24-13-22(21-12-20(28)9-10-23(21)29-24)26(31)32-14-25(30)17-5-7-19(27)8-6-17/h3-13H,14H2,1-2H3. The van der Waals surface area contributed by atoms with E-state index in [0.29, 0.717) is 27.7 Å². The minimum Gasteiger partial charge on any atom is -0.454 e. The maximum Gasteiger partial charge on any atom is 0.339 e. The largest absolute Gasteiger partial charge is 0.454 e. The lowest BCUT2D eigenvalue weighted by atomic mass is 10.0. The predicted molar refractivity (Wildman–Crippen MR) is 133 cm³/mol. The highest BCUT2D eigenvalue weighted by Gasteiger charge is 2.18. The van der Waals surface area contributed by atoms with Crippen molar-refractivity contribution < 1.29 is 14.3 Å². The third kappa shape index (κ3) is 4.81. The van der Waals surface area contributed by atoms with Crippen LogP contribution < -0.4 is 0 Å². The quantitative estimate of drug-likeness (QED) is 0.196. The van der Waals surface area contributed by atoms with Gasteiger partial charge in [0, 0.05) is 25.5 Å². The molecule has 0 unspecified atom stereocenters. The van der Waals surface area contributed by atoms with E-state index in [1.165, 1.54) is 5.56 Å². The van der Waals surface area contributed by atoms with Gasteiger partial charge in [0.2, 0.25) is 0 Å². The zero-order valence-electron chi connectivity index (χ0n) is 17.5. The van der Waals surface area contributed by atoms with E-state index in [2.05, 4.69) is 44.8 Å². The highest BCUT2D eigenvalue weighted by Crippen LogP contribution is 2.29. The molecule has 0 bridgehead atoms. The first-order valence-corrected chi connectivity index (χ1v) is 11.5. The Bertz CT molecular complexity index is 1350. The first kappa shape index (κ1) is 22.4. The van der Waals surface area contributed by atoms with Gasteiger partial charge in [0.05, 0.1) is 16.8 Å². The van der Waals surface area contributed by atoms with Crippen LogP contribution in [-0.2, 0) is 4.74 Å². The zero-order valence-corrected chi connectivity index (χ0v) is 20.7. The molecule has 0 saturated carbocycles. The second-order valence-corrected chi connectivity index (χ2v) is 9.35. The number of carbonyl (C=O) groups excluding carboxylic acids is 2. The average molecular weight is 553 g/mol. The van der Waals surface area contributed by atoms with Crippen LogP contribution in [0.25, 0.3) is 22.2 Å². The van der Waals surface area contributed by atoms with Crippen molar-refractivity contribution in [2.45, 2.75) is 13.8 Å². The molecule has 4 nitrogen and oxygen atoms in total. The molecule has 0 atom stereocenters. The lowest BCUT2D eigenvalue weighted by Gasteiger charge is -2.11. The summed E-state index contributed by atoms with van der Waals surface area (Å²) in [4.78, 5) is 30.2. The van der Waals surface area contributed by atoms with E-state index >= 15 is 0 Å². The number of esters is 1. The number of pyridine rings is 1. The number of aromatic nitrogens is 1. The predicted octanol–water partition coefficient (Wildman–Crippen LogP) is 7.08. The molecule has 0 aliphatic carbocycles. The highest BCUT2D eigenvalue weighted by atomic mass is 79.9. The number of fused-ring (bicyclic) bond motifs is 1. The first-order valence-electron chi connectivity index (χ1n) is 9.95. The molecule has 4 aromatic rings. The van der Waals surface area contributed by atoms with E-state index in [1.807, 2.05) is 37.3 Å². The SMILES string of the molecule is Cc1ccc(-c2cc(C(=O)OCC(=O)c3ccc(Br)cc3)c3cc(Br)ccc3n2)cc1C. The number of rotatable bonds is 5. The average Bonchev–Trinajstić information content (AvgIpc) is 2.78. The Morgan fingerprint density at radius 2 is 1.56 bits per heavy atom. The van der Waals surface area contributed by atoms with Crippen LogP contribution >= 0.6 is 31.9 Å². The summed E-state index contributed by atoms with van der Waals surface area (Å²) in [6.07, 6.45) is 0. The van der Waals surface area contributed by atoms with Crippen LogP contribution in [0, 0.1) is 13.8 Å². The molecule has 0 spiro atoms. The van der Waals surface area contributed by atoms with Crippen LogP contribution in [0.1, 0.15) is 31.8 Å². The van der Waals surface area contributed by atoms with E-state index in [1.54, 1.807) is 30.3 Å². The lowest BCUT2D eigenvalue weighted by molar-refractivity contribution is 0.0476. The van der Waals surface area contributed by atoms with Crippen LogP contribution in [0.2, 0.25) is 0 Å². The molecule has 3 aromatic carbocycles. The van der Waals surface area contributed by atoms with Gasteiger partial charge < -0.3 is 4.74 Å². The minimum atomic E-state index is -0.564. The van der Waals surface area contributed by atoms with E-state index in [9.17, 15) is 9.59 Å². The maximum absolute atomic E-state index is 13.0. The molecular formula is C26H19Br2NO3. The first-order chi connectivity index (χ1) is 15.3. The Morgan fingerprint density at radius 1 is 0.844 bits per heavy atom. The van der Waals surface area contributed by atoms with Crippen molar-refractivity contribution in [1.82, 2.24) is 4.98 Å². The molecule has 1 aromatic heterocycles. The summed E-state index contributed by atoms with van der Waals surface area (Å²) in [5, 5.41) is 0.660. The topological polar surface area (TPSA) is 56.3 Å². The number of nitrogens with zero attached hydrogens (tertiary/aromatic N) is 1. The molecule has 0 aliphatic heterocycles. The van der Waals surface area contributed by atoms with Gasteiger partial charge in [-0.3, -0.25) is 4.79 Å². The number of ether oxygens (including phenoxy) is 1. The van der Waals surface area contributed by atoms with Gasteiger partial charge in [0.25, 0.3) is 0 Å². The van der Waals surface area contributed by atoms with Crippen molar-refractivity contribution in [1.29, 1.82) is 0 Å². The number of hydrogen-bond donors (Lipinski definition) is 0. The van der Waals surface area contributed by atoms with Gasteiger partial charge in [-0.2, -0.15) is 0 Å². The second kappa shape index (κ2) is 9.35. The summed E-state index contributed by atoms with van der Waals surface area (Å²) >= 11 is 6.80. The molecule has 0 radical (unpaired) electrons. The Balaban J connectivity index is 1.68. The van der Waals surface area contributed by atoms with Crippen molar-refractivity contribution in [2.75, 3.05) is 6.61 Å². The van der Waals surface area contributed by atoms with Gasteiger partial charge in [0.15, 0.2) is 12.4 Å². The Morgan fingerprint density at radius 3 is 2.28 bits per heavy atom. The van der Waals surface area contributed by atoms with E-state index in [0.717, 1.165) is 20.1 Å². The van der Waals surface area contributed by atoms with Crippen molar-refractivity contribution in [3.05, 3.63) is 97.9 Å². The van der Waals surface area contributed by atoms with Crippen LogP contribution in [0.5, 0.6) is 0 Å². The summed E-state index contributed by atoms with van der Waals surface area (Å²) in [6, 6.07) is 20.3. The summed E-state index contributed by atoms with van der Waals surface area (Å²) in [5.74, 6) is -0.828. The van der Waals surface area contributed by atoms with Crippen LogP contribution in [0.3, 0.4) is 0 Å². The number of ketones is 1. The number of benzene rings is 3. The Hall–Kier alpha value is -2.83. The monoisotopic (exact) mass is 551 g/mol. The minimum absolute atomic E-state index is 0.264. The van der Waals surface area contributed by atoms with Crippen molar-refractivity contribution in [3.8, 4) is 11.3 Å². The molecule has 32 heavy (non-hydrogen) atoms. The molecule has 160 valence electrons. The molecule has 0 N–H and O–H groups in total. The number of aryl methyl sites for hydroxylation is 2. The Labute approximate surface area is 202 Å². The normalized spacial score (nSPS) is 10.9. The van der Waals surface area contributed by atoms with Gasteiger partial charge in [-0.1, -0.05) is 56.1 Å². The maximum atomic E-state index is 13.0. The molecule has 4 rings (SSSR count). The number of hydrogen-bond acceptors (Lipinski definition) is 4. The fraction of sp³-hybridized carbons (Fsp3) is 0.115. The van der Waals surface area contributed by atoms with Gasteiger partial charge in [-0.25, -0.2) is 9.78 Å². The molecule has 6 heteroatoms. The van der Waals surface area contributed by atoms with Gasteiger partial charge in [0.1, 0.15) is 0 Å². The van der Waals surface area contributed by atoms with E-state index in [-0.39, 0.29) is 12.4 Å². The molecule has 0 amide bonds. The molecular weight excluding hydrogens is 534 g/mol. The molecule has 0 fully saturated rings. The summed E-state index contributed by atoms with van der Waals surface area (Å²) in [6.45, 7) is 3.76. The highest BCUT2D eigenvalue weighted by molar-refractivity contribution is 9.10. The smallest absolute Gasteiger partial charge is 0.339 e. The zero-order chi connectivity index (χ0) is 22.8. The summed E-state index contributed by atoms with van der Waals surface area (Å²) < 4.78 is 7.11. The Kier molecular flexibility index (Phi) is 6.53. The third-order valence-corrected chi connectivity index (χ3v) is 6.32. The number of carbonyl (C=O) groups is 2. The fourth-order valence-electron chi connectivity index (χ4n) is 3.34. The van der Waals surface area contributed by atoms with Crippen LogP contribution in [0.4, 0.5) is 0 Å². The molecule has 0 aliphatic rings. The third-order valence-electron chi connectivity index (χ3n) is 5.29. The van der Waals surface area contributed by atoms with Crippen LogP contribution in [0.15, 0.2) is 75.7 Å². The van der Waals surface area contributed by atoms with Crippen LogP contribution in [-0.4, -0.2) is 23.3 Å². The van der Waals surface area contributed by atoms with Crippen molar-refractivity contribution >= 4 is 54.5 Å². The summed E-state index contributed by atoms with van der Waals surface area (Å²) in [7, 11) is 0. The van der Waals surface area contributed by atoms with Gasteiger partial charge in [-0.05, 0) is 67.4 Å². The van der Waals surface area contributed by atoms with E-state index < -0.39 is 5.97 Å². The second-order valence-electron chi connectivity index (χ2n) is 7.52. The van der Waals surface area contributed by atoms with Gasteiger partial charge >= 0.3 is 5.97 Å². The fourth-order valence-corrected chi connectivity index (χ4v) is 3.97. The lowest BCUT2D eigenvalue weighted by Crippen LogP contribution is -2.15. The van der Waals surface area contributed by atoms with Crippen molar-refractivity contribution in [3.63, 3.8) is 0 Å². The summed E-state index contributed by atoms with van der Waals surface area (Å²) in [5.41, 5.74) is 5.45. The van der Waals surface area contributed by atoms with Gasteiger partial charge in [-0.15, -0.1) is 0 Å². The number of Topliss-reactive ketones (excluding diaryl/α,β-unsaturated/α-hetero) is 1. The molecule has 1 heterocycles. The molecule has 0 saturated heterocycles. The van der Waals surface area contributed by atoms with Crippen molar-refractivity contribution in [2.24, 2.45) is 0 Å². The van der Waals surface area contributed by atoms with E-state index in [4.69, 9.17) is 9.72 Å².